The number of nitrogens with zero attached hydrogens (tertiary/aromatic N) is 1. The van der Waals surface area contributed by atoms with Gasteiger partial charge in [-0.25, -0.2) is 12.7 Å². The lowest BCUT2D eigenvalue weighted by atomic mass is 10.1. The van der Waals surface area contributed by atoms with Crippen molar-refractivity contribution in [2.75, 3.05) is 20.6 Å². The number of hydrogen-bond donors (Lipinski definition) is 1. The van der Waals surface area contributed by atoms with E-state index < -0.39 is 10.0 Å². The maximum absolute atomic E-state index is 12.7. The highest BCUT2D eigenvalue weighted by atomic mass is 32.2. The Bertz CT molecular complexity index is 565. The fourth-order valence-electron chi connectivity index (χ4n) is 2.38. The molecule has 0 saturated heterocycles. The van der Waals surface area contributed by atoms with Crippen molar-refractivity contribution in [2.45, 2.75) is 37.6 Å². The average Bonchev–Trinajstić information content (AvgIpc) is 3.23. The molecule has 0 radical (unpaired) electrons. The van der Waals surface area contributed by atoms with Gasteiger partial charge in [-0.1, -0.05) is 19.1 Å². The third-order valence-corrected chi connectivity index (χ3v) is 5.70. The second-order valence-electron chi connectivity index (χ2n) is 5.55. The van der Waals surface area contributed by atoms with E-state index >= 15 is 0 Å². The van der Waals surface area contributed by atoms with Gasteiger partial charge in [0, 0.05) is 20.1 Å². The van der Waals surface area contributed by atoms with Crippen LogP contribution in [-0.4, -0.2) is 33.4 Å². The number of rotatable bonds is 7. The lowest BCUT2D eigenvalue weighted by Crippen LogP contribution is -2.29. The molecule has 1 fully saturated rings. The molecule has 1 aromatic carbocycles. The Morgan fingerprint density at radius 3 is 2.60 bits per heavy atom. The molecule has 0 unspecified atom stereocenters. The highest BCUT2D eigenvalue weighted by Crippen LogP contribution is 2.31. The van der Waals surface area contributed by atoms with Gasteiger partial charge in [-0.15, -0.1) is 0 Å². The van der Waals surface area contributed by atoms with E-state index in [1.807, 2.05) is 32.2 Å². The first-order valence-corrected chi connectivity index (χ1v) is 8.65. The van der Waals surface area contributed by atoms with Crippen molar-refractivity contribution in [1.82, 2.24) is 9.62 Å². The van der Waals surface area contributed by atoms with E-state index in [4.69, 9.17) is 0 Å². The lowest BCUT2D eigenvalue weighted by Gasteiger charge is -2.19. The summed E-state index contributed by atoms with van der Waals surface area (Å²) in [7, 11) is 0.182. The van der Waals surface area contributed by atoms with Crippen LogP contribution in [0, 0.1) is 5.92 Å². The second-order valence-corrected chi connectivity index (χ2v) is 7.57. The molecule has 5 heteroatoms. The summed E-state index contributed by atoms with van der Waals surface area (Å²) in [5.74, 6) is 0.556. The van der Waals surface area contributed by atoms with Crippen LogP contribution in [0.2, 0.25) is 0 Å². The Morgan fingerprint density at radius 1 is 1.35 bits per heavy atom. The smallest absolute Gasteiger partial charge is 0.243 e. The average molecular weight is 296 g/mol. The van der Waals surface area contributed by atoms with Gasteiger partial charge in [0.15, 0.2) is 0 Å². The second kappa shape index (κ2) is 6.24. The zero-order valence-corrected chi connectivity index (χ0v) is 13.3. The molecule has 1 aliphatic rings. The van der Waals surface area contributed by atoms with Gasteiger partial charge < -0.3 is 5.32 Å². The van der Waals surface area contributed by atoms with Gasteiger partial charge in [-0.3, -0.25) is 0 Å². The Kier molecular flexibility index (Phi) is 4.83. The number of nitrogens with one attached hydrogen (secondary N) is 1. The zero-order chi connectivity index (χ0) is 14.8. The fraction of sp³-hybridized carbons (Fsp3) is 0.600. The van der Waals surface area contributed by atoms with E-state index in [1.54, 1.807) is 7.05 Å². The van der Waals surface area contributed by atoms with Crippen molar-refractivity contribution in [1.29, 1.82) is 0 Å². The van der Waals surface area contributed by atoms with Crippen LogP contribution in [0.15, 0.2) is 23.1 Å². The normalized spacial score (nSPS) is 15.8. The SMILES string of the molecule is CCc1ccc(CNC)cc1S(=O)(=O)N(C)CC1CC1. The van der Waals surface area contributed by atoms with Gasteiger partial charge >= 0.3 is 0 Å². The Hall–Kier alpha value is -0.910. The van der Waals surface area contributed by atoms with E-state index in [-0.39, 0.29) is 0 Å². The first-order valence-electron chi connectivity index (χ1n) is 7.21. The van der Waals surface area contributed by atoms with Crippen LogP contribution in [0.5, 0.6) is 0 Å². The van der Waals surface area contributed by atoms with Crippen LogP contribution >= 0.6 is 0 Å². The standard InChI is InChI=1S/C15H24N2O2S/c1-4-14-8-7-13(10-16-2)9-15(14)20(18,19)17(3)11-12-5-6-12/h7-9,12,16H,4-6,10-11H2,1-3H3. The van der Waals surface area contributed by atoms with Crippen molar-refractivity contribution in [3.05, 3.63) is 29.3 Å². The molecule has 0 amide bonds. The first kappa shape index (κ1) is 15.5. The Labute approximate surface area is 122 Å². The molecular weight excluding hydrogens is 272 g/mol. The molecular formula is C15H24N2O2S. The van der Waals surface area contributed by atoms with Gasteiger partial charge in [-0.05, 0) is 49.4 Å². The Morgan fingerprint density at radius 2 is 2.05 bits per heavy atom. The van der Waals surface area contributed by atoms with E-state index in [2.05, 4.69) is 5.32 Å². The molecule has 0 atom stereocenters. The minimum atomic E-state index is -3.37. The third kappa shape index (κ3) is 3.40. The maximum Gasteiger partial charge on any atom is 0.243 e. The van der Waals surface area contributed by atoms with Gasteiger partial charge in [0.25, 0.3) is 0 Å². The summed E-state index contributed by atoms with van der Waals surface area (Å²) in [6.45, 7) is 3.31. The first-order chi connectivity index (χ1) is 9.48. The maximum atomic E-state index is 12.7. The van der Waals surface area contributed by atoms with E-state index in [1.165, 1.54) is 4.31 Å². The van der Waals surface area contributed by atoms with Crippen LogP contribution in [0.1, 0.15) is 30.9 Å². The van der Waals surface area contributed by atoms with Crippen molar-refractivity contribution in [3.63, 3.8) is 0 Å². The predicted molar refractivity (Wildman–Crippen MR) is 81.1 cm³/mol. The number of benzene rings is 1. The molecule has 0 heterocycles. The molecule has 20 heavy (non-hydrogen) atoms. The molecule has 0 aromatic heterocycles. The molecule has 1 aromatic rings. The summed E-state index contributed by atoms with van der Waals surface area (Å²) in [6, 6.07) is 5.74. The van der Waals surface area contributed by atoms with Crippen LogP contribution in [0.25, 0.3) is 0 Å². The Balaban J connectivity index is 2.34. The summed E-state index contributed by atoms with van der Waals surface area (Å²) >= 11 is 0. The van der Waals surface area contributed by atoms with Gasteiger partial charge in [-0.2, -0.15) is 0 Å². The highest BCUT2D eigenvalue weighted by molar-refractivity contribution is 7.89. The van der Waals surface area contributed by atoms with Crippen LogP contribution in [0.3, 0.4) is 0 Å². The minimum Gasteiger partial charge on any atom is -0.316 e. The van der Waals surface area contributed by atoms with Gasteiger partial charge in [0.1, 0.15) is 0 Å². The van der Waals surface area contributed by atoms with Crippen molar-refractivity contribution >= 4 is 10.0 Å². The minimum absolute atomic E-state index is 0.468. The molecule has 0 bridgehead atoms. The quantitative estimate of drug-likeness (QED) is 0.837. The molecule has 1 N–H and O–H groups in total. The number of aryl methyl sites for hydroxylation is 1. The molecule has 0 aliphatic heterocycles. The van der Waals surface area contributed by atoms with Crippen molar-refractivity contribution in [2.24, 2.45) is 5.92 Å². The van der Waals surface area contributed by atoms with E-state index in [9.17, 15) is 8.42 Å². The van der Waals surface area contributed by atoms with Crippen LogP contribution < -0.4 is 5.32 Å². The highest BCUT2D eigenvalue weighted by Gasteiger charge is 2.30. The lowest BCUT2D eigenvalue weighted by molar-refractivity contribution is 0.452. The number of hydrogen-bond acceptors (Lipinski definition) is 3. The van der Waals surface area contributed by atoms with E-state index in [0.717, 1.165) is 30.4 Å². The zero-order valence-electron chi connectivity index (χ0n) is 12.5. The molecule has 0 spiro atoms. The molecule has 2 rings (SSSR count). The predicted octanol–water partition coefficient (Wildman–Crippen LogP) is 2.00. The molecule has 1 aliphatic carbocycles. The van der Waals surface area contributed by atoms with Gasteiger partial charge in [0.2, 0.25) is 10.0 Å². The third-order valence-electron chi connectivity index (χ3n) is 3.79. The monoisotopic (exact) mass is 296 g/mol. The van der Waals surface area contributed by atoms with Crippen LogP contribution in [0.4, 0.5) is 0 Å². The topological polar surface area (TPSA) is 49.4 Å². The molecule has 4 nitrogen and oxygen atoms in total. The van der Waals surface area contributed by atoms with Crippen molar-refractivity contribution < 1.29 is 8.42 Å². The fourth-order valence-corrected chi connectivity index (χ4v) is 3.96. The number of sulfonamides is 1. The summed E-state index contributed by atoms with van der Waals surface area (Å²) in [4.78, 5) is 0.468. The van der Waals surface area contributed by atoms with Crippen molar-refractivity contribution in [3.8, 4) is 0 Å². The van der Waals surface area contributed by atoms with Gasteiger partial charge in [0.05, 0.1) is 4.90 Å². The summed E-state index contributed by atoms with van der Waals surface area (Å²) in [5.41, 5.74) is 1.90. The molecule has 112 valence electrons. The van der Waals surface area contributed by atoms with E-state index in [0.29, 0.717) is 23.9 Å². The summed E-state index contributed by atoms with van der Waals surface area (Å²) in [6.07, 6.45) is 3.03. The largest absolute Gasteiger partial charge is 0.316 e. The van der Waals surface area contributed by atoms with Crippen LogP contribution in [-0.2, 0) is 23.0 Å². The summed E-state index contributed by atoms with van der Waals surface area (Å²) < 4.78 is 27.0. The summed E-state index contributed by atoms with van der Waals surface area (Å²) in [5, 5.41) is 3.06. The molecule has 1 saturated carbocycles.